The molecule has 0 aromatic heterocycles. The molecule has 0 amide bonds. The average molecular weight is 457 g/mol. The van der Waals surface area contributed by atoms with Crippen LogP contribution in [0.4, 0.5) is 0 Å². The number of hydrogen-bond acceptors (Lipinski definition) is 4. The van der Waals surface area contributed by atoms with Crippen molar-refractivity contribution in [3.05, 3.63) is 34.9 Å². The normalized spacial score (nSPS) is 27.1. The van der Waals surface area contributed by atoms with Crippen LogP contribution in [0.5, 0.6) is 5.75 Å². The maximum atomic E-state index is 13.8. The van der Waals surface area contributed by atoms with E-state index in [1.165, 1.54) is 12.0 Å². The van der Waals surface area contributed by atoms with Crippen LogP contribution in [-0.2, 0) is 17.8 Å². The summed E-state index contributed by atoms with van der Waals surface area (Å²) in [4.78, 5) is 13.8. The molecule has 1 aliphatic heterocycles. The van der Waals surface area contributed by atoms with Crippen molar-refractivity contribution in [2.75, 3.05) is 14.2 Å². The Morgan fingerprint density at radius 2 is 1.94 bits per heavy atom. The van der Waals surface area contributed by atoms with Crippen molar-refractivity contribution < 1.29 is 9.53 Å². The van der Waals surface area contributed by atoms with E-state index in [1.54, 1.807) is 7.11 Å². The molecular weight excluding hydrogens is 408 g/mol. The molecule has 0 radical (unpaired) electrons. The van der Waals surface area contributed by atoms with Crippen molar-refractivity contribution in [3.8, 4) is 5.75 Å². The Kier molecular flexibility index (Phi) is 9.60. The monoisotopic (exact) mass is 456 g/mol. The van der Waals surface area contributed by atoms with Gasteiger partial charge in [-0.1, -0.05) is 41.0 Å². The Morgan fingerprint density at radius 3 is 2.52 bits per heavy atom. The highest BCUT2D eigenvalue weighted by atomic mass is 16.5. The van der Waals surface area contributed by atoms with Gasteiger partial charge in [-0.15, -0.1) is 0 Å². The van der Waals surface area contributed by atoms with E-state index in [-0.39, 0.29) is 11.0 Å². The van der Waals surface area contributed by atoms with Crippen LogP contribution in [0.3, 0.4) is 0 Å². The van der Waals surface area contributed by atoms with Crippen LogP contribution in [-0.4, -0.2) is 25.5 Å². The zero-order valence-electron chi connectivity index (χ0n) is 22.7. The van der Waals surface area contributed by atoms with Gasteiger partial charge in [-0.3, -0.25) is 4.79 Å². The van der Waals surface area contributed by atoms with Crippen molar-refractivity contribution in [1.82, 2.24) is 10.6 Å². The number of carbonyl (C=O) groups is 1. The molecule has 2 N–H and O–H groups in total. The predicted molar refractivity (Wildman–Crippen MR) is 141 cm³/mol. The topological polar surface area (TPSA) is 50.4 Å². The molecule has 33 heavy (non-hydrogen) atoms. The largest absolute Gasteiger partial charge is 0.496 e. The van der Waals surface area contributed by atoms with E-state index in [2.05, 4.69) is 57.4 Å². The van der Waals surface area contributed by atoms with E-state index in [9.17, 15) is 4.79 Å². The summed E-state index contributed by atoms with van der Waals surface area (Å²) < 4.78 is 5.67. The number of carbonyl (C=O) groups excluding carboxylic acids is 1. The van der Waals surface area contributed by atoms with E-state index >= 15 is 0 Å². The van der Waals surface area contributed by atoms with Crippen LogP contribution in [0.25, 0.3) is 5.70 Å². The smallest absolute Gasteiger partial charge is 0.163 e. The molecule has 3 unspecified atom stereocenters. The van der Waals surface area contributed by atoms with Gasteiger partial charge in [0.2, 0.25) is 0 Å². The molecule has 1 heterocycles. The van der Waals surface area contributed by atoms with E-state index < -0.39 is 0 Å². The second-order valence-corrected chi connectivity index (χ2v) is 10.6. The zero-order valence-corrected chi connectivity index (χ0v) is 22.7. The molecule has 1 fully saturated rings. The quantitative estimate of drug-likeness (QED) is 0.459. The van der Waals surface area contributed by atoms with Gasteiger partial charge in [0, 0.05) is 40.4 Å². The summed E-state index contributed by atoms with van der Waals surface area (Å²) in [5, 5.41) is 6.92. The van der Waals surface area contributed by atoms with Crippen molar-refractivity contribution in [2.24, 2.45) is 17.3 Å². The summed E-state index contributed by atoms with van der Waals surface area (Å²) in [5.74, 6) is 2.47. The van der Waals surface area contributed by atoms with Gasteiger partial charge >= 0.3 is 0 Å². The Morgan fingerprint density at radius 1 is 1.24 bits per heavy atom. The predicted octanol–water partition coefficient (Wildman–Crippen LogP) is 6.52. The van der Waals surface area contributed by atoms with Gasteiger partial charge in [-0.05, 0) is 82.5 Å². The lowest BCUT2D eigenvalue weighted by atomic mass is 9.62. The van der Waals surface area contributed by atoms with Gasteiger partial charge in [0.1, 0.15) is 5.75 Å². The first-order chi connectivity index (χ1) is 15.7. The molecule has 3 atom stereocenters. The van der Waals surface area contributed by atoms with Crippen LogP contribution in [0.15, 0.2) is 18.2 Å². The van der Waals surface area contributed by atoms with E-state index in [0.29, 0.717) is 17.6 Å². The van der Waals surface area contributed by atoms with E-state index in [0.717, 1.165) is 61.2 Å². The number of allylic oxidation sites excluding steroid dienone is 1. The number of methoxy groups -OCH3 is 1. The second-order valence-electron chi connectivity index (χ2n) is 10.6. The fourth-order valence-corrected chi connectivity index (χ4v) is 5.95. The number of ether oxygens (including phenoxy) is 1. The Labute approximate surface area is 203 Å². The summed E-state index contributed by atoms with van der Waals surface area (Å²) in [6.45, 7) is 15.9. The molecule has 4 heteroatoms. The molecule has 0 bridgehead atoms. The van der Waals surface area contributed by atoms with Gasteiger partial charge in [-0.2, -0.15) is 0 Å². The molecule has 1 aliphatic carbocycles. The molecular formula is C29H48N2O2. The highest BCUT2D eigenvalue weighted by molar-refractivity contribution is 6.01. The number of rotatable bonds is 7. The van der Waals surface area contributed by atoms with Crippen LogP contribution in [0.1, 0.15) is 97.3 Å². The zero-order chi connectivity index (χ0) is 24.8. The summed E-state index contributed by atoms with van der Waals surface area (Å²) in [6.07, 6.45) is 8.20. The minimum Gasteiger partial charge on any atom is -0.496 e. The van der Waals surface area contributed by atoms with Gasteiger partial charge < -0.3 is 15.4 Å². The van der Waals surface area contributed by atoms with E-state index in [4.69, 9.17) is 4.74 Å². The molecule has 1 aromatic rings. The first kappa shape index (κ1) is 27.4. The molecule has 0 spiro atoms. The van der Waals surface area contributed by atoms with Crippen LogP contribution < -0.4 is 15.4 Å². The third kappa shape index (κ3) is 6.20. The summed E-state index contributed by atoms with van der Waals surface area (Å²) >= 11 is 0. The van der Waals surface area contributed by atoms with Crippen molar-refractivity contribution in [1.29, 1.82) is 0 Å². The molecule has 2 aliphatic rings. The van der Waals surface area contributed by atoms with Gasteiger partial charge in [0.25, 0.3) is 0 Å². The average Bonchev–Trinajstić information content (AvgIpc) is 2.79. The maximum absolute atomic E-state index is 13.8. The third-order valence-corrected chi connectivity index (χ3v) is 7.48. The Bertz CT molecular complexity index is 842. The highest BCUT2D eigenvalue weighted by Crippen LogP contribution is 2.47. The maximum Gasteiger partial charge on any atom is 0.163 e. The number of benzene rings is 1. The molecule has 1 saturated carbocycles. The van der Waals surface area contributed by atoms with Crippen LogP contribution >= 0.6 is 0 Å². The van der Waals surface area contributed by atoms with Crippen LogP contribution in [0, 0.1) is 17.3 Å². The highest BCUT2D eigenvalue weighted by Gasteiger charge is 2.42. The Balaban J connectivity index is 0.00000187. The molecule has 3 rings (SSSR count). The van der Waals surface area contributed by atoms with Crippen LogP contribution in [0.2, 0.25) is 0 Å². The first-order valence-electron chi connectivity index (χ1n) is 13.1. The Hall–Kier alpha value is -1.81. The summed E-state index contributed by atoms with van der Waals surface area (Å²) in [5.41, 5.74) is 4.13. The summed E-state index contributed by atoms with van der Waals surface area (Å²) in [7, 11) is 3.67. The number of fused-ring (bicyclic) bond motifs is 1. The molecule has 0 saturated heterocycles. The number of ketones is 1. The van der Waals surface area contributed by atoms with Gasteiger partial charge in [0.15, 0.2) is 5.78 Å². The number of hydrogen-bond donors (Lipinski definition) is 2. The molecule has 1 aromatic carbocycles. The SMILES string of the molecule is CC.CCC1CC(C)CC(CC)(C(=O)/C=C2\NC(C)(C)Cc3cc(OC)c(CNC)cc32)C1. The van der Waals surface area contributed by atoms with Gasteiger partial charge in [-0.25, -0.2) is 0 Å². The lowest BCUT2D eigenvalue weighted by Gasteiger charge is -2.42. The second kappa shape index (κ2) is 11.6. The fraction of sp³-hybridized carbons (Fsp3) is 0.690. The lowest BCUT2D eigenvalue weighted by Crippen LogP contribution is -2.44. The van der Waals surface area contributed by atoms with Crippen molar-refractivity contribution in [2.45, 2.75) is 99.1 Å². The minimum absolute atomic E-state index is 0.111. The first-order valence-corrected chi connectivity index (χ1v) is 13.1. The standard InChI is InChI=1S/C27H42N2O2.C2H6/c1-8-19-10-18(3)14-27(9-2,15-19)25(30)13-23-22-11-21(17-28-6)24(31-7)12-20(22)16-26(4,5)29-23;1-2/h11-13,18-19,28-29H,8-10,14-17H2,1-7H3;1-2H3/b23-13-;. The molecule has 186 valence electrons. The van der Waals surface area contributed by atoms with E-state index in [1.807, 2.05) is 27.0 Å². The van der Waals surface area contributed by atoms with Crippen molar-refractivity contribution >= 4 is 11.5 Å². The minimum atomic E-state index is -0.227. The summed E-state index contributed by atoms with van der Waals surface area (Å²) in [6, 6.07) is 4.36. The van der Waals surface area contributed by atoms with Gasteiger partial charge in [0.05, 0.1) is 7.11 Å². The third-order valence-electron chi connectivity index (χ3n) is 7.48. The fourth-order valence-electron chi connectivity index (χ4n) is 5.95. The lowest BCUT2D eigenvalue weighted by molar-refractivity contribution is -0.128. The molecule has 4 nitrogen and oxygen atoms in total. The number of nitrogens with one attached hydrogen (secondary N) is 2. The van der Waals surface area contributed by atoms with Crippen molar-refractivity contribution in [3.63, 3.8) is 0 Å².